The van der Waals surface area contributed by atoms with Gasteiger partial charge in [0.05, 0.1) is 7.11 Å². The highest BCUT2D eigenvalue weighted by Gasteiger charge is 2.14. The first-order chi connectivity index (χ1) is 10.8. The van der Waals surface area contributed by atoms with Gasteiger partial charge >= 0.3 is 0 Å². The Labute approximate surface area is 131 Å². The molecular formula is C17H22N4O. The minimum Gasteiger partial charge on any atom is -0.497 e. The molecule has 116 valence electrons. The lowest BCUT2D eigenvalue weighted by Gasteiger charge is -2.07. The minimum absolute atomic E-state index is 0.374. The molecule has 0 aliphatic carbocycles. The molecule has 0 bridgehead atoms. The van der Waals surface area contributed by atoms with Crippen molar-refractivity contribution in [1.82, 2.24) is 15.0 Å². The highest BCUT2D eigenvalue weighted by molar-refractivity contribution is 5.65. The third-order valence-corrected chi connectivity index (χ3v) is 3.68. The summed E-state index contributed by atoms with van der Waals surface area (Å²) in [5.41, 5.74) is 2.11. The minimum atomic E-state index is 0.374. The second-order valence-electron chi connectivity index (χ2n) is 5.26. The molecule has 0 aliphatic heterocycles. The maximum Gasteiger partial charge on any atom is 0.190 e. The van der Waals surface area contributed by atoms with Crippen LogP contribution >= 0.6 is 0 Å². The second kappa shape index (κ2) is 8.18. The molecule has 0 radical (unpaired) electrons. The normalized spacial score (nSPS) is 10.4. The predicted octanol–water partition coefficient (Wildman–Crippen LogP) is 3.80. The fourth-order valence-electron chi connectivity index (χ4n) is 2.44. The Morgan fingerprint density at radius 3 is 2.50 bits per heavy atom. The Hall–Kier alpha value is -2.35. The van der Waals surface area contributed by atoms with E-state index in [-0.39, 0.29) is 0 Å². The van der Waals surface area contributed by atoms with Gasteiger partial charge in [-0.05, 0) is 30.7 Å². The first kappa shape index (κ1) is 16.0. The molecule has 0 spiro atoms. The molecule has 0 amide bonds. The summed E-state index contributed by atoms with van der Waals surface area (Å²) in [5.74, 6) is 0.792. The monoisotopic (exact) mass is 298 g/mol. The molecule has 0 aliphatic rings. The summed E-state index contributed by atoms with van der Waals surface area (Å²) in [7, 11) is 1.64. The van der Waals surface area contributed by atoms with Gasteiger partial charge in [-0.1, -0.05) is 37.8 Å². The number of nitrogens with zero attached hydrogens (tertiary/aromatic N) is 4. The van der Waals surface area contributed by atoms with Crippen molar-refractivity contribution in [3.63, 3.8) is 0 Å². The van der Waals surface area contributed by atoms with Crippen molar-refractivity contribution in [2.45, 2.75) is 45.6 Å². The van der Waals surface area contributed by atoms with Gasteiger partial charge in [0.25, 0.3) is 0 Å². The molecule has 2 rings (SSSR count). The van der Waals surface area contributed by atoms with E-state index in [0.717, 1.165) is 30.0 Å². The van der Waals surface area contributed by atoms with E-state index in [9.17, 15) is 5.26 Å². The summed E-state index contributed by atoms with van der Waals surface area (Å²) < 4.78 is 7.01. The van der Waals surface area contributed by atoms with Crippen LogP contribution in [0.1, 0.15) is 44.7 Å². The zero-order valence-corrected chi connectivity index (χ0v) is 13.2. The highest BCUT2D eigenvalue weighted by Crippen LogP contribution is 2.24. The van der Waals surface area contributed by atoms with Crippen LogP contribution in [0.4, 0.5) is 0 Å². The average Bonchev–Trinajstić information content (AvgIpc) is 2.97. The number of hydrogen-bond donors (Lipinski definition) is 0. The van der Waals surface area contributed by atoms with E-state index in [1.807, 2.05) is 28.9 Å². The number of methoxy groups -OCH3 is 1. The Morgan fingerprint density at radius 1 is 1.14 bits per heavy atom. The Morgan fingerprint density at radius 2 is 1.86 bits per heavy atom. The first-order valence-corrected chi connectivity index (χ1v) is 7.78. The number of ether oxygens (including phenoxy) is 1. The molecule has 1 aromatic heterocycles. The van der Waals surface area contributed by atoms with Gasteiger partial charge in [0.2, 0.25) is 0 Å². The molecule has 2 aromatic rings. The molecule has 22 heavy (non-hydrogen) atoms. The first-order valence-electron chi connectivity index (χ1n) is 7.78. The van der Waals surface area contributed by atoms with Crippen molar-refractivity contribution >= 4 is 0 Å². The van der Waals surface area contributed by atoms with Crippen LogP contribution in [0.15, 0.2) is 24.3 Å². The number of hydrogen-bond acceptors (Lipinski definition) is 4. The van der Waals surface area contributed by atoms with Crippen molar-refractivity contribution in [2.75, 3.05) is 7.11 Å². The third-order valence-electron chi connectivity index (χ3n) is 3.68. The second-order valence-corrected chi connectivity index (χ2v) is 5.26. The van der Waals surface area contributed by atoms with Crippen LogP contribution in [0, 0.1) is 11.3 Å². The standard InChI is InChI=1S/C17H22N4O/c1-3-4-5-6-7-12-21-17(16(13-18)19-20-21)14-8-10-15(22-2)11-9-14/h8-11H,3-7,12H2,1-2H3. The molecule has 0 saturated carbocycles. The van der Waals surface area contributed by atoms with Crippen LogP contribution < -0.4 is 4.74 Å². The zero-order valence-electron chi connectivity index (χ0n) is 13.2. The molecule has 0 atom stereocenters. The summed E-state index contributed by atoms with van der Waals surface area (Å²) in [4.78, 5) is 0. The van der Waals surface area contributed by atoms with Gasteiger partial charge in [0, 0.05) is 12.1 Å². The summed E-state index contributed by atoms with van der Waals surface area (Å²) in [6, 6.07) is 9.77. The predicted molar refractivity (Wildman–Crippen MR) is 85.5 cm³/mol. The third kappa shape index (κ3) is 3.85. The molecular weight excluding hydrogens is 276 g/mol. The van der Waals surface area contributed by atoms with E-state index in [1.54, 1.807) is 7.11 Å². The summed E-state index contributed by atoms with van der Waals surface area (Å²) >= 11 is 0. The van der Waals surface area contributed by atoms with Crippen LogP contribution in [0.2, 0.25) is 0 Å². The summed E-state index contributed by atoms with van der Waals surface area (Å²) in [6.07, 6.45) is 5.98. The molecule has 1 heterocycles. The Bertz CT molecular complexity index is 625. The van der Waals surface area contributed by atoms with E-state index < -0.39 is 0 Å². The van der Waals surface area contributed by atoms with E-state index >= 15 is 0 Å². The number of aryl methyl sites for hydroxylation is 1. The number of nitriles is 1. The van der Waals surface area contributed by atoms with Gasteiger partial charge in [-0.2, -0.15) is 5.26 Å². The smallest absolute Gasteiger partial charge is 0.190 e. The van der Waals surface area contributed by atoms with E-state index in [0.29, 0.717) is 5.69 Å². The molecule has 0 saturated heterocycles. The lowest BCUT2D eigenvalue weighted by molar-refractivity contribution is 0.415. The largest absolute Gasteiger partial charge is 0.497 e. The van der Waals surface area contributed by atoms with Crippen molar-refractivity contribution in [3.05, 3.63) is 30.0 Å². The van der Waals surface area contributed by atoms with Crippen LogP contribution in [0.25, 0.3) is 11.3 Å². The van der Waals surface area contributed by atoms with Crippen LogP contribution in [-0.2, 0) is 6.54 Å². The quantitative estimate of drug-likeness (QED) is 0.695. The zero-order chi connectivity index (χ0) is 15.8. The van der Waals surface area contributed by atoms with Crippen molar-refractivity contribution < 1.29 is 4.74 Å². The number of rotatable bonds is 8. The van der Waals surface area contributed by atoms with E-state index in [4.69, 9.17) is 4.74 Å². The molecule has 0 N–H and O–H groups in total. The topological polar surface area (TPSA) is 63.7 Å². The molecule has 5 heteroatoms. The molecule has 5 nitrogen and oxygen atoms in total. The fraction of sp³-hybridized carbons (Fsp3) is 0.471. The van der Waals surface area contributed by atoms with Gasteiger partial charge in [-0.25, -0.2) is 4.68 Å². The fourth-order valence-corrected chi connectivity index (χ4v) is 2.44. The van der Waals surface area contributed by atoms with Crippen LogP contribution in [0.3, 0.4) is 0 Å². The highest BCUT2D eigenvalue weighted by atomic mass is 16.5. The number of benzene rings is 1. The number of unbranched alkanes of at least 4 members (excludes halogenated alkanes) is 4. The van der Waals surface area contributed by atoms with Gasteiger partial charge in [0.1, 0.15) is 17.5 Å². The van der Waals surface area contributed by atoms with Gasteiger partial charge < -0.3 is 4.74 Å². The van der Waals surface area contributed by atoms with E-state index in [1.165, 1.54) is 25.7 Å². The van der Waals surface area contributed by atoms with Crippen molar-refractivity contribution in [1.29, 1.82) is 5.26 Å². The van der Waals surface area contributed by atoms with Gasteiger partial charge in [-0.3, -0.25) is 0 Å². The average molecular weight is 298 g/mol. The molecule has 0 fully saturated rings. The molecule has 0 unspecified atom stereocenters. The Kier molecular flexibility index (Phi) is 5.96. The Balaban J connectivity index is 2.14. The molecule has 1 aromatic carbocycles. The summed E-state index contributed by atoms with van der Waals surface area (Å²) in [5, 5.41) is 17.4. The summed E-state index contributed by atoms with van der Waals surface area (Å²) in [6.45, 7) is 3.00. The lowest BCUT2D eigenvalue weighted by Crippen LogP contribution is -2.03. The maximum absolute atomic E-state index is 9.24. The SMILES string of the molecule is CCCCCCCn1nnc(C#N)c1-c1ccc(OC)cc1. The lowest BCUT2D eigenvalue weighted by atomic mass is 10.1. The van der Waals surface area contributed by atoms with Crippen molar-refractivity contribution in [2.24, 2.45) is 0 Å². The van der Waals surface area contributed by atoms with Gasteiger partial charge in [0.15, 0.2) is 5.69 Å². The van der Waals surface area contributed by atoms with Crippen molar-refractivity contribution in [3.8, 4) is 23.1 Å². The van der Waals surface area contributed by atoms with Crippen LogP contribution in [-0.4, -0.2) is 22.1 Å². The van der Waals surface area contributed by atoms with E-state index in [2.05, 4.69) is 23.3 Å². The van der Waals surface area contributed by atoms with Crippen LogP contribution in [0.5, 0.6) is 5.75 Å². The number of aromatic nitrogens is 3. The van der Waals surface area contributed by atoms with Gasteiger partial charge in [-0.15, -0.1) is 5.10 Å². The maximum atomic E-state index is 9.24.